The second-order valence-corrected chi connectivity index (χ2v) is 11.4. The Morgan fingerprint density at radius 1 is 1.20 bits per heavy atom. The van der Waals surface area contributed by atoms with Gasteiger partial charge in [0.15, 0.2) is 0 Å². The van der Waals surface area contributed by atoms with E-state index >= 15 is 0 Å². The van der Waals surface area contributed by atoms with E-state index in [1.807, 2.05) is 37.3 Å². The van der Waals surface area contributed by atoms with Gasteiger partial charge >= 0.3 is 6.09 Å². The summed E-state index contributed by atoms with van der Waals surface area (Å²) in [5.74, 6) is 0.187. The summed E-state index contributed by atoms with van der Waals surface area (Å²) < 4.78 is 11.8. The third kappa shape index (κ3) is 5.54. The van der Waals surface area contributed by atoms with E-state index in [-0.39, 0.29) is 36.1 Å². The molecule has 0 bridgehead atoms. The molecular weight excluding hydrogens is 569 g/mol. The first-order valence-electron chi connectivity index (χ1n) is 13.2. The Kier molecular flexibility index (Phi) is 8.05. The van der Waals surface area contributed by atoms with Crippen molar-refractivity contribution in [2.45, 2.75) is 39.0 Å². The van der Waals surface area contributed by atoms with Crippen LogP contribution < -0.4 is 9.47 Å². The summed E-state index contributed by atoms with van der Waals surface area (Å²) in [7, 11) is 1.56. The molecule has 2 aromatic carbocycles. The van der Waals surface area contributed by atoms with Crippen molar-refractivity contribution in [1.82, 2.24) is 14.8 Å². The largest absolute Gasteiger partial charge is 0.496 e. The summed E-state index contributed by atoms with van der Waals surface area (Å²) >= 11 is 13.5. The predicted octanol–water partition coefficient (Wildman–Crippen LogP) is 5.30. The molecule has 2 amide bonds. The number of aromatic nitrogens is 1. The van der Waals surface area contributed by atoms with Crippen molar-refractivity contribution in [3.63, 3.8) is 0 Å². The molecule has 1 unspecified atom stereocenters. The standard InChI is InChI=1S/C30H31Cl2N3O6/c1-17-11-24(40-3)21(27(33-17)41-16-18-7-5-4-6-8-18)15-34-10-9-20-23(31)12-22(26(32)25(20)28(34)36)30(2,39)19-13-35(14-19)29(37)38/h4-8,11-12,19,39H,9-10,13-16H2,1-3H3,(H,37,38). The number of amides is 2. The van der Waals surface area contributed by atoms with Crippen molar-refractivity contribution >= 4 is 35.2 Å². The number of hydrogen-bond donors (Lipinski definition) is 2. The average molecular weight is 600 g/mol. The molecular formula is C30H31Cl2N3O6. The SMILES string of the molecule is COc1cc(C)nc(OCc2ccccc2)c1CN1CCc2c(Cl)cc(C(C)(O)C3CN(C(=O)O)C3)c(Cl)c2C1=O. The molecule has 1 fully saturated rings. The predicted molar refractivity (Wildman–Crippen MR) is 154 cm³/mol. The second-order valence-electron chi connectivity index (χ2n) is 10.6. The first-order chi connectivity index (χ1) is 19.5. The summed E-state index contributed by atoms with van der Waals surface area (Å²) in [6, 6.07) is 13.1. The molecule has 3 heterocycles. The van der Waals surface area contributed by atoms with E-state index in [1.54, 1.807) is 31.1 Å². The van der Waals surface area contributed by atoms with E-state index in [9.17, 15) is 19.8 Å². The van der Waals surface area contributed by atoms with Gasteiger partial charge in [-0.1, -0.05) is 53.5 Å². The minimum absolute atomic E-state index is 0.118. The lowest BCUT2D eigenvalue weighted by atomic mass is 9.77. The summed E-state index contributed by atoms with van der Waals surface area (Å²) in [6.45, 7) is 4.55. The van der Waals surface area contributed by atoms with Crippen LogP contribution >= 0.6 is 23.2 Å². The van der Waals surface area contributed by atoms with Crippen LogP contribution in [0.5, 0.6) is 11.6 Å². The first-order valence-corrected chi connectivity index (χ1v) is 14.0. The summed E-state index contributed by atoms with van der Waals surface area (Å²) in [4.78, 5) is 32.6. The number of nitrogens with zero attached hydrogens (tertiary/aromatic N) is 3. The minimum atomic E-state index is -1.49. The number of halogens is 2. The zero-order valence-electron chi connectivity index (χ0n) is 23.0. The van der Waals surface area contributed by atoms with Crippen LogP contribution in [0.3, 0.4) is 0 Å². The summed E-state index contributed by atoms with van der Waals surface area (Å²) in [5, 5.41) is 21.1. The maximum atomic E-state index is 13.9. The van der Waals surface area contributed by atoms with Crippen molar-refractivity contribution in [3.05, 3.63) is 86.0 Å². The average Bonchev–Trinajstić information content (AvgIpc) is 2.90. The lowest BCUT2D eigenvalue weighted by Gasteiger charge is -2.46. The van der Waals surface area contributed by atoms with Crippen LogP contribution in [-0.2, 0) is 25.2 Å². The van der Waals surface area contributed by atoms with Crippen LogP contribution in [0.25, 0.3) is 0 Å². The highest BCUT2D eigenvalue weighted by Gasteiger charge is 2.46. The topological polar surface area (TPSA) is 112 Å². The number of aryl methyl sites for hydroxylation is 1. The number of pyridine rings is 1. The number of rotatable bonds is 8. The fourth-order valence-electron chi connectivity index (χ4n) is 5.37. The van der Waals surface area contributed by atoms with Crippen LogP contribution in [0.1, 0.15) is 45.2 Å². The molecule has 41 heavy (non-hydrogen) atoms. The number of aliphatic hydroxyl groups is 1. The smallest absolute Gasteiger partial charge is 0.407 e. The number of fused-ring (bicyclic) bond motifs is 1. The number of hydrogen-bond acceptors (Lipinski definition) is 6. The quantitative estimate of drug-likeness (QED) is 0.361. The zero-order valence-corrected chi connectivity index (χ0v) is 24.5. The van der Waals surface area contributed by atoms with Gasteiger partial charge in [-0.2, -0.15) is 0 Å². The Morgan fingerprint density at radius 3 is 2.56 bits per heavy atom. The lowest BCUT2D eigenvalue weighted by Crippen LogP contribution is -2.57. The molecule has 11 heteroatoms. The van der Waals surface area contributed by atoms with Crippen molar-refractivity contribution in [2.75, 3.05) is 26.7 Å². The molecule has 2 N–H and O–H groups in total. The highest BCUT2D eigenvalue weighted by atomic mass is 35.5. The van der Waals surface area contributed by atoms with Crippen molar-refractivity contribution in [2.24, 2.45) is 5.92 Å². The first kappa shape index (κ1) is 29.0. The number of carbonyl (C=O) groups excluding carboxylic acids is 1. The Labute approximate surface area is 248 Å². The van der Waals surface area contributed by atoms with E-state index in [1.165, 1.54) is 4.90 Å². The molecule has 5 rings (SSSR count). The molecule has 216 valence electrons. The van der Waals surface area contributed by atoms with Crippen molar-refractivity contribution in [1.29, 1.82) is 0 Å². The van der Waals surface area contributed by atoms with Crippen molar-refractivity contribution in [3.8, 4) is 11.6 Å². The van der Waals surface area contributed by atoms with E-state index in [0.29, 0.717) is 58.6 Å². The number of benzene rings is 2. The number of carbonyl (C=O) groups is 2. The Morgan fingerprint density at radius 2 is 1.90 bits per heavy atom. The maximum Gasteiger partial charge on any atom is 0.407 e. The fourth-order valence-corrected chi connectivity index (χ4v) is 6.11. The van der Waals surface area contributed by atoms with Gasteiger partial charge in [0.1, 0.15) is 12.4 Å². The van der Waals surface area contributed by atoms with Crippen LogP contribution in [-0.4, -0.2) is 63.7 Å². The van der Waals surface area contributed by atoms with Crippen LogP contribution in [0.15, 0.2) is 42.5 Å². The van der Waals surface area contributed by atoms with Gasteiger partial charge in [0.2, 0.25) is 5.88 Å². The molecule has 0 spiro atoms. The molecule has 2 aliphatic heterocycles. The summed E-state index contributed by atoms with van der Waals surface area (Å²) in [6.07, 6.45) is -0.592. The van der Waals surface area contributed by atoms with Gasteiger partial charge in [-0.05, 0) is 37.5 Å². The monoisotopic (exact) mass is 599 g/mol. The molecule has 1 atom stereocenters. The van der Waals surface area contributed by atoms with Crippen LogP contribution in [0.2, 0.25) is 10.0 Å². The van der Waals surface area contributed by atoms with E-state index in [0.717, 1.165) is 5.56 Å². The van der Waals surface area contributed by atoms with Gasteiger partial charge in [0.05, 0.1) is 35.4 Å². The minimum Gasteiger partial charge on any atom is -0.496 e. The van der Waals surface area contributed by atoms with Crippen LogP contribution in [0, 0.1) is 12.8 Å². The molecule has 0 aliphatic carbocycles. The lowest BCUT2D eigenvalue weighted by molar-refractivity contribution is -0.0700. The Balaban J connectivity index is 1.45. The molecule has 0 saturated carbocycles. The molecule has 1 saturated heterocycles. The van der Waals surface area contributed by atoms with Crippen molar-refractivity contribution < 1.29 is 29.3 Å². The van der Waals surface area contributed by atoms with Gasteiger partial charge in [-0.15, -0.1) is 0 Å². The van der Waals surface area contributed by atoms with Gasteiger partial charge < -0.3 is 29.5 Å². The van der Waals surface area contributed by atoms with E-state index < -0.39 is 17.6 Å². The highest BCUT2D eigenvalue weighted by Crippen LogP contribution is 2.44. The number of likely N-dealkylation sites (tertiary alicyclic amines) is 1. The molecule has 9 nitrogen and oxygen atoms in total. The summed E-state index contributed by atoms with van der Waals surface area (Å²) in [5.41, 5.74) is 1.97. The molecule has 0 radical (unpaired) electrons. The Hall–Kier alpha value is -3.53. The van der Waals surface area contributed by atoms with Crippen LogP contribution in [0.4, 0.5) is 4.79 Å². The van der Waals surface area contributed by atoms with Gasteiger partial charge in [0.25, 0.3) is 5.91 Å². The fraction of sp³-hybridized carbons (Fsp3) is 0.367. The third-order valence-corrected chi connectivity index (χ3v) is 8.63. The Bertz CT molecular complexity index is 1490. The van der Waals surface area contributed by atoms with Gasteiger partial charge in [-0.3, -0.25) is 4.79 Å². The number of ether oxygens (including phenoxy) is 2. The normalized spacial score (nSPS) is 16.6. The third-order valence-electron chi connectivity index (χ3n) is 7.90. The second kappa shape index (κ2) is 11.4. The van der Waals surface area contributed by atoms with E-state index in [4.69, 9.17) is 32.7 Å². The van der Waals surface area contributed by atoms with Gasteiger partial charge in [0, 0.05) is 47.9 Å². The molecule has 2 aliphatic rings. The number of methoxy groups -OCH3 is 1. The molecule has 3 aromatic rings. The maximum absolute atomic E-state index is 13.9. The number of carboxylic acid groups (broad SMARTS) is 1. The molecule has 1 aromatic heterocycles. The highest BCUT2D eigenvalue weighted by molar-refractivity contribution is 6.37. The zero-order chi connectivity index (χ0) is 29.5. The van der Waals surface area contributed by atoms with E-state index in [2.05, 4.69) is 4.98 Å². The van der Waals surface area contributed by atoms with Gasteiger partial charge in [-0.25, -0.2) is 9.78 Å².